The van der Waals surface area contributed by atoms with Crippen molar-refractivity contribution < 1.29 is 4.79 Å². The van der Waals surface area contributed by atoms with Crippen molar-refractivity contribution in [3.63, 3.8) is 0 Å². The molecular formula is C13H15Cl2N3O. The van der Waals surface area contributed by atoms with Crippen molar-refractivity contribution in [2.45, 2.75) is 19.3 Å². The van der Waals surface area contributed by atoms with E-state index in [0.29, 0.717) is 5.02 Å². The summed E-state index contributed by atoms with van der Waals surface area (Å²) in [5, 5.41) is 4.50. The zero-order chi connectivity index (χ0) is 13.7. The van der Waals surface area contributed by atoms with Gasteiger partial charge in [-0.1, -0.05) is 23.2 Å². The van der Waals surface area contributed by atoms with E-state index in [9.17, 15) is 4.79 Å². The first-order chi connectivity index (χ1) is 9.16. The van der Waals surface area contributed by atoms with E-state index < -0.39 is 0 Å². The van der Waals surface area contributed by atoms with Crippen LogP contribution in [0.3, 0.4) is 0 Å². The second-order valence-electron chi connectivity index (χ2n) is 4.37. The SMILES string of the molecule is O=C(/C(Cl)=N\Nc1ccc(Cl)cc1)N1CCCCC1. The standard InChI is InChI=1S/C13H15Cl2N3O/c14-10-4-6-11(7-5-10)16-17-12(15)13(19)18-8-2-1-3-9-18/h4-7,16H,1-3,8-9H2/b17-12+. The number of likely N-dealkylation sites (tertiary alicyclic amines) is 1. The number of hydrogen-bond acceptors (Lipinski definition) is 3. The number of nitrogens with one attached hydrogen (secondary N) is 1. The predicted molar refractivity (Wildman–Crippen MR) is 78.8 cm³/mol. The zero-order valence-electron chi connectivity index (χ0n) is 10.4. The van der Waals surface area contributed by atoms with Gasteiger partial charge in [0.25, 0.3) is 5.91 Å². The summed E-state index contributed by atoms with van der Waals surface area (Å²) in [6.07, 6.45) is 3.22. The Morgan fingerprint density at radius 3 is 2.42 bits per heavy atom. The Hall–Kier alpha value is -1.26. The van der Waals surface area contributed by atoms with Gasteiger partial charge in [0.15, 0.2) is 0 Å². The molecule has 0 radical (unpaired) electrons. The highest BCUT2D eigenvalue weighted by molar-refractivity contribution is 6.82. The van der Waals surface area contributed by atoms with Gasteiger partial charge in [-0.15, -0.1) is 0 Å². The first-order valence-corrected chi connectivity index (χ1v) is 6.96. The number of hydrogen-bond donors (Lipinski definition) is 1. The second-order valence-corrected chi connectivity index (χ2v) is 5.17. The molecule has 0 aromatic heterocycles. The molecule has 1 amide bonds. The third-order valence-electron chi connectivity index (χ3n) is 2.95. The highest BCUT2D eigenvalue weighted by atomic mass is 35.5. The van der Waals surface area contributed by atoms with Gasteiger partial charge in [0.2, 0.25) is 5.17 Å². The summed E-state index contributed by atoms with van der Waals surface area (Å²) in [6, 6.07) is 7.00. The summed E-state index contributed by atoms with van der Waals surface area (Å²) in [7, 11) is 0. The number of anilines is 1. The van der Waals surface area contributed by atoms with E-state index >= 15 is 0 Å². The number of rotatable bonds is 3. The highest BCUT2D eigenvalue weighted by Crippen LogP contribution is 2.14. The van der Waals surface area contributed by atoms with Gasteiger partial charge in [-0.25, -0.2) is 0 Å². The average Bonchev–Trinajstić information content (AvgIpc) is 2.46. The van der Waals surface area contributed by atoms with Gasteiger partial charge in [-0.3, -0.25) is 10.2 Å². The monoisotopic (exact) mass is 299 g/mol. The second kappa shape index (κ2) is 6.78. The molecule has 1 N–H and O–H groups in total. The maximum Gasteiger partial charge on any atom is 0.286 e. The quantitative estimate of drug-likeness (QED) is 0.687. The molecule has 0 atom stereocenters. The van der Waals surface area contributed by atoms with Crippen LogP contribution in [0.2, 0.25) is 5.02 Å². The Morgan fingerprint density at radius 2 is 1.79 bits per heavy atom. The lowest BCUT2D eigenvalue weighted by Gasteiger charge is -2.25. The van der Waals surface area contributed by atoms with Crippen molar-refractivity contribution >= 4 is 40.0 Å². The topological polar surface area (TPSA) is 44.7 Å². The zero-order valence-corrected chi connectivity index (χ0v) is 11.9. The van der Waals surface area contributed by atoms with Gasteiger partial charge in [-0.2, -0.15) is 5.10 Å². The van der Waals surface area contributed by atoms with Crippen LogP contribution in [0.25, 0.3) is 0 Å². The first-order valence-electron chi connectivity index (χ1n) is 6.21. The lowest BCUT2D eigenvalue weighted by atomic mass is 10.1. The van der Waals surface area contributed by atoms with E-state index in [1.54, 1.807) is 29.2 Å². The Kier molecular flexibility index (Phi) is 5.05. The first kappa shape index (κ1) is 14.2. The molecule has 19 heavy (non-hydrogen) atoms. The largest absolute Gasteiger partial charge is 0.336 e. The number of carbonyl (C=O) groups excluding carboxylic acids is 1. The summed E-state index contributed by atoms with van der Waals surface area (Å²) in [4.78, 5) is 13.7. The summed E-state index contributed by atoms with van der Waals surface area (Å²) >= 11 is 11.7. The minimum Gasteiger partial charge on any atom is -0.336 e. The normalized spacial score (nSPS) is 16.3. The molecule has 1 aliphatic rings. The van der Waals surface area contributed by atoms with Gasteiger partial charge in [0.05, 0.1) is 5.69 Å². The van der Waals surface area contributed by atoms with Crippen LogP contribution >= 0.6 is 23.2 Å². The number of halogens is 2. The number of piperidine rings is 1. The molecule has 1 aromatic rings. The Bertz CT molecular complexity index is 467. The molecule has 1 heterocycles. The molecule has 0 spiro atoms. The van der Waals surface area contributed by atoms with Crippen molar-refractivity contribution in [2.75, 3.05) is 18.5 Å². The van der Waals surface area contributed by atoms with Gasteiger partial charge >= 0.3 is 0 Å². The van der Waals surface area contributed by atoms with E-state index in [0.717, 1.165) is 31.6 Å². The van der Waals surface area contributed by atoms with E-state index in [2.05, 4.69) is 10.5 Å². The minimum atomic E-state index is -0.220. The lowest BCUT2D eigenvalue weighted by Crippen LogP contribution is -2.38. The number of nitrogens with zero attached hydrogens (tertiary/aromatic N) is 2. The van der Waals surface area contributed by atoms with Crippen molar-refractivity contribution in [2.24, 2.45) is 5.10 Å². The van der Waals surface area contributed by atoms with Gasteiger partial charge in [0.1, 0.15) is 0 Å². The van der Waals surface area contributed by atoms with Crippen LogP contribution in [-0.2, 0) is 4.79 Å². The van der Waals surface area contributed by atoms with E-state index in [1.165, 1.54) is 6.42 Å². The Labute approximate surface area is 122 Å². The lowest BCUT2D eigenvalue weighted by molar-refractivity contribution is -0.124. The summed E-state index contributed by atoms with van der Waals surface area (Å²) in [5.41, 5.74) is 3.47. The third kappa shape index (κ3) is 4.11. The van der Waals surface area contributed by atoms with Crippen LogP contribution in [0.15, 0.2) is 29.4 Å². The summed E-state index contributed by atoms with van der Waals surface area (Å²) < 4.78 is 0. The van der Waals surface area contributed by atoms with Crippen LogP contribution in [-0.4, -0.2) is 29.1 Å². The van der Waals surface area contributed by atoms with Crippen molar-refractivity contribution in [1.82, 2.24) is 4.90 Å². The molecule has 1 fully saturated rings. The predicted octanol–water partition coefficient (Wildman–Crippen LogP) is 3.32. The molecule has 2 rings (SSSR count). The molecule has 0 unspecified atom stereocenters. The highest BCUT2D eigenvalue weighted by Gasteiger charge is 2.20. The van der Waals surface area contributed by atoms with Crippen molar-refractivity contribution in [3.8, 4) is 0 Å². The molecule has 0 bridgehead atoms. The number of carbonyl (C=O) groups is 1. The number of benzene rings is 1. The van der Waals surface area contributed by atoms with E-state index in [4.69, 9.17) is 23.2 Å². The molecule has 0 aliphatic carbocycles. The van der Waals surface area contributed by atoms with Crippen LogP contribution in [0.5, 0.6) is 0 Å². The van der Waals surface area contributed by atoms with Gasteiger partial charge in [-0.05, 0) is 43.5 Å². The number of hydrazone groups is 1. The maximum atomic E-state index is 12.0. The molecule has 1 aromatic carbocycles. The smallest absolute Gasteiger partial charge is 0.286 e. The van der Waals surface area contributed by atoms with E-state index in [-0.39, 0.29) is 11.1 Å². The van der Waals surface area contributed by atoms with Crippen LogP contribution < -0.4 is 5.43 Å². The molecular weight excluding hydrogens is 285 g/mol. The summed E-state index contributed by atoms with van der Waals surface area (Å²) in [5.74, 6) is -0.220. The third-order valence-corrected chi connectivity index (χ3v) is 3.45. The molecule has 4 nitrogen and oxygen atoms in total. The fourth-order valence-electron chi connectivity index (χ4n) is 1.91. The van der Waals surface area contributed by atoms with Crippen molar-refractivity contribution in [3.05, 3.63) is 29.3 Å². The van der Waals surface area contributed by atoms with Crippen LogP contribution in [0, 0.1) is 0 Å². The minimum absolute atomic E-state index is 0.0446. The van der Waals surface area contributed by atoms with Gasteiger partial charge < -0.3 is 4.90 Å². The van der Waals surface area contributed by atoms with Crippen LogP contribution in [0.1, 0.15) is 19.3 Å². The molecule has 1 saturated heterocycles. The maximum absolute atomic E-state index is 12.0. The molecule has 102 valence electrons. The van der Waals surface area contributed by atoms with E-state index in [1.807, 2.05) is 0 Å². The Morgan fingerprint density at radius 1 is 1.16 bits per heavy atom. The molecule has 1 aliphatic heterocycles. The Balaban J connectivity index is 1.94. The molecule has 0 saturated carbocycles. The van der Waals surface area contributed by atoms with Crippen LogP contribution in [0.4, 0.5) is 5.69 Å². The van der Waals surface area contributed by atoms with Crippen molar-refractivity contribution in [1.29, 1.82) is 0 Å². The molecule has 6 heteroatoms. The van der Waals surface area contributed by atoms with Gasteiger partial charge in [0, 0.05) is 18.1 Å². The average molecular weight is 300 g/mol. The fourth-order valence-corrected chi connectivity index (χ4v) is 2.20. The number of amides is 1. The summed E-state index contributed by atoms with van der Waals surface area (Å²) in [6.45, 7) is 1.51. The fraction of sp³-hybridized carbons (Fsp3) is 0.385.